The topological polar surface area (TPSA) is 96.6 Å². The third-order valence-electron chi connectivity index (χ3n) is 3.75. The molecule has 0 radical (unpaired) electrons. The van der Waals surface area contributed by atoms with Gasteiger partial charge in [0.25, 0.3) is 0 Å². The Bertz CT molecular complexity index is 698. The van der Waals surface area contributed by atoms with Crippen LogP contribution in [0, 0.1) is 0 Å². The van der Waals surface area contributed by atoms with Gasteiger partial charge in [-0.25, -0.2) is 14.8 Å². The molecule has 1 aliphatic heterocycles. The molecular weight excluding hydrogens is 308 g/mol. The third-order valence-corrected chi connectivity index (χ3v) is 3.75. The molecule has 0 spiro atoms. The molecule has 3 heterocycles. The number of aromatic nitrogens is 2. The van der Waals surface area contributed by atoms with Gasteiger partial charge >= 0.3 is 6.03 Å². The van der Waals surface area contributed by atoms with E-state index in [2.05, 4.69) is 20.2 Å². The summed E-state index contributed by atoms with van der Waals surface area (Å²) in [5.41, 5.74) is 5.55. The molecule has 0 bridgehead atoms. The lowest BCUT2D eigenvalue weighted by Crippen LogP contribution is -2.48. The Hall–Kier alpha value is -2.87. The molecule has 1 saturated heterocycles. The smallest absolute Gasteiger partial charge is 0.323 e. The Kier molecular flexibility index (Phi) is 4.76. The van der Waals surface area contributed by atoms with Crippen LogP contribution in [0.15, 0.2) is 36.7 Å². The number of ether oxygens (including phenoxy) is 1. The van der Waals surface area contributed by atoms with Crippen LogP contribution in [0.3, 0.4) is 0 Å². The summed E-state index contributed by atoms with van der Waals surface area (Å²) in [6, 6.07) is 6.62. The molecular formula is C16H20N6O2. The normalized spacial score (nSPS) is 15.1. The molecule has 0 atom stereocenters. The zero-order chi connectivity index (χ0) is 16.9. The quantitative estimate of drug-likeness (QED) is 0.889. The first-order chi connectivity index (χ1) is 11.6. The van der Waals surface area contributed by atoms with E-state index in [1.807, 2.05) is 7.05 Å². The van der Waals surface area contributed by atoms with Gasteiger partial charge in [-0.1, -0.05) is 0 Å². The lowest BCUT2D eigenvalue weighted by molar-refractivity contribution is 0.164. The highest BCUT2D eigenvalue weighted by Crippen LogP contribution is 2.22. The number of nitrogens with zero attached hydrogens (tertiary/aromatic N) is 4. The average Bonchev–Trinajstić information content (AvgIpc) is 2.58. The first-order valence-corrected chi connectivity index (χ1v) is 7.70. The van der Waals surface area contributed by atoms with Crippen molar-refractivity contribution in [2.24, 2.45) is 0 Å². The van der Waals surface area contributed by atoms with Crippen LogP contribution in [-0.4, -0.2) is 59.0 Å². The molecule has 2 aromatic rings. The highest BCUT2D eigenvalue weighted by Gasteiger charge is 2.19. The van der Waals surface area contributed by atoms with E-state index in [1.54, 1.807) is 35.4 Å². The molecule has 0 unspecified atom stereocenters. The standard InChI is InChI=1S/C16H20N6O2/c1-21-6-8-22(9-7-21)16(23)20-15-10-12(4-5-18-15)24-13-2-3-14(17)19-11-13/h2-5,10-11H,6-9H2,1H3,(H2,17,19)(H,18,20,23). The number of nitrogen functional groups attached to an aromatic ring is 1. The van der Waals surface area contributed by atoms with E-state index in [0.29, 0.717) is 36.2 Å². The van der Waals surface area contributed by atoms with Crippen molar-refractivity contribution in [2.45, 2.75) is 0 Å². The summed E-state index contributed by atoms with van der Waals surface area (Å²) in [6.07, 6.45) is 3.12. The monoisotopic (exact) mass is 328 g/mol. The van der Waals surface area contributed by atoms with Crippen molar-refractivity contribution in [1.82, 2.24) is 19.8 Å². The van der Waals surface area contributed by atoms with E-state index in [4.69, 9.17) is 10.5 Å². The van der Waals surface area contributed by atoms with Gasteiger partial charge in [-0.15, -0.1) is 0 Å². The minimum atomic E-state index is -0.151. The lowest BCUT2D eigenvalue weighted by Gasteiger charge is -2.32. The van der Waals surface area contributed by atoms with Crippen molar-refractivity contribution in [3.8, 4) is 11.5 Å². The van der Waals surface area contributed by atoms with E-state index in [1.165, 1.54) is 6.20 Å². The Balaban J connectivity index is 1.62. The summed E-state index contributed by atoms with van der Waals surface area (Å²) < 4.78 is 5.69. The van der Waals surface area contributed by atoms with Gasteiger partial charge in [0.2, 0.25) is 0 Å². The summed E-state index contributed by atoms with van der Waals surface area (Å²) in [5.74, 6) is 1.99. The first-order valence-electron chi connectivity index (χ1n) is 7.70. The predicted molar refractivity (Wildman–Crippen MR) is 91.0 cm³/mol. The van der Waals surface area contributed by atoms with E-state index in [9.17, 15) is 4.79 Å². The number of pyridine rings is 2. The number of carbonyl (C=O) groups is 1. The Morgan fingerprint density at radius 3 is 2.67 bits per heavy atom. The zero-order valence-corrected chi connectivity index (χ0v) is 13.5. The van der Waals surface area contributed by atoms with Crippen molar-refractivity contribution in [3.05, 3.63) is 36.7 Å². The number of anilines is 2. The van der Waals surface area contributed by atoms with Crippen LogP contribution in [0.5, 0.6) is 11.5 Å². The molecule has 0 aromatic carbocycles. The summed E-state index contributed by atoms with van der Waals surface area (Å²) >= 11 is 0. The number of nitrogens with one attached hydrogen (secondary N) is 1. The molecule has 8 heteroatoms. The fourth-order valence-electron chi connectivity index (χ4n) is 2.33. The minimum Gasteiger partial charge on any atom is -0.456 e. The highest BCUT2D eigenvalue weighted by molar-refractivity contribution is 5.88. The van der Waals surface area contributed by atoms with Crippen LogP contribution in [-0.2, 0) is 0 Å². The number of urea groups is 1. The molecule has 3 N–H and O–H groups in total. The molecule has 1 fully saturated rings. The second kappa shape index (κ2) is 7.14. The van der Waals surface area contributed by atoms with Gasteiger partial charge in [0.05, 0.1) is 6.20 Å². The number of likely N-dealkylation sites (N-methyl/N-ethyl adjacent to an activating group) is 1. The van der Waals surface area contributed by atoms with Crippen LogP contribution in [0.25, 0.3) is 0 Å². The third kappa shape index (κ3) is 4.11. The van der Waals surface area contributed by atoms with Crippen molar-refractivity contribution in [2.75, 3.05) is 44.3 Å². The maximum atomic E-state index is 12.3. The summed E-state index contributed by atoms with van der Waals surface area (Å²) in [7, 11) is 2.05. The number of amides is 2. The predicted octanol–water partition coefficient (Wildman–Crippen LogP) is 1.63. The molecule has 0 saturated carbocycles. The van der Waals surface area contributed by atoms with Crippen molar-refractivity contribution >= 4 is 17.7 Å². The summed E-state index contributed by atoms with van der Waals surface area (Å²) in [4.78, 5) is 24.4. The Labute approximate surface area is 140 Å². The van der Waals surface area contributed by atoms with Crippen LogP contribution >= 0.6 is 0 Å². The van der Waals surface area contributed by atoms with E-state index in [0.717, 1.165) is 13.1 Å². The molecule has 3 rings (SSSR count). The van der Waals surface area contributed by atoms with E-state index >= 15 is 0 Å². The van der Waals surface area contributed by atoms with Gasteiger partial charge in [-0.05, 0) is 25.2 Å². The number of nitrogens with two attached hydrogens (primary N) is 1. The largest absolute Gasteiger partial charge is 0.456 e. The minimum absolute atomic E-state index is 0.151. The molecule has 24 heavy (non-hydrogen) atoms. The van der Waals surface area contributed by atoms with Gasteiger partial charge in [0.1, 0.15) is 23.1 Å². The molecule has 2 aromatic heterocycles. The van der Waals surface area contributed by atoms with Crippen molar-refractivity contribution in [3.63, 3.8) is 0 Å². The first kappa shape index (κ1) is 16.0. The summed E-state index contributed by atoms with van der Waals surface area (Å²) in [6.45, 7) is 3.15. The SMILES string of the molecule is CN1CCN(C(=O)Nc2cc(Oc3ccc(N)nc3)ccn2)CC1. The van der Waals surface area contributed by atoms with Crippen molar-refractivity contribution in [1.29, 1.82) is 0 Å². The molecule has 1 aliphatic rings. The molecule has 2 amide bonds. The second-order valence-corrected chi connectivity index (χ2v) is 5.62. The number of hydrogen-bond acceptors (Lipinski definition) is 6. The fraction of sp³-hybridized carbons (Fsp3) is 0.312. The van der Waals surface area contributed by atoms with Gasteiger partial charge in [0, 0.05) is 38.4 Å². The summed E-state index contributed by atoms with van der Waals surface area (Å²) in [5, 5.41) is 2.80. The Morgan fingerprint density at radius 2 is 1.96 bits per heavy atom. The Morgan fingerprint density at radius 1 is 1.17 bits per heavy atom. The number of carbonyl (C=O) groups excluding carboxylic acids is 1. The van der Waals surface area contributed by atoms with E-state index < -0.39 is 0 Å². The number of piperazine rings is 1. The lowest BCUT2D eigenvalue weighted by atomic mass is 10.3. The van der Waals surface area contributed by atoms with Gasteiger partial charge in [0.15, 0.2) is 0 Å². The maximum Gasteiger partial charge on any atom is 0.323 e. The fourth-order valence-corrected chi connectivity index (χ4v) is 2.33. The second-order valence-electron chi connectivity index (χ2n) is 5.62. The average molecular weight is 328 g/mol. The number of rotatable bonds is 3. The van der Waals surface area contributed by atoms with Gasteiger partial charge in [-0.3, -0.25) is 5.32 Å². The highest BCUT2D eigenvalue weighted by atomic mass is 16.5. The molecule has 126 valence electrons. The molecule has 0 aliphatic carbocycles. The van der Waals surface area contributed by atoms with Gasteiger partial charge in [-0.2, -0.15) is 0 Å². The van der Waals surface area contributed by atoms with Crippen LogP contribution in [0.2, 0.25) is 0 Å². The van der Waals surface area contributed by atoms with Gasteiger partial charge < -0.3 is 20.3 Å². The van der Waals surface area contributed by atoms with Crippen LogP contribution in [0.1, 0.15) is 0 Å². The maximum absolute atomic E-state index is 12.3. The molecule has 8 nitrogen and oxygen atoms in total. The van der Waals surface area contributed by atoms with E-state index in [-0.39, 0.29) is 6.03 Å². The van der Waals surface area contributed by atoms with Crippen LogP contribution in [0.4, 0.5) is 16.4 Å². The zero-order valence-electron chi connectivity index (χ0n) is 13.5. The van der Waals surface area contributed by atoms with Crippen LogP contribution < -0.4 is 15.8 Å². The number of hydrogen-bond donors (Lipinski definition) is 2. The van der Waals surface area contributed by atoms with Crippen molar-refractivity contribution < 1.29 is 9.53 Å².